The van der Waals surface area contributed by atoms with E-state index in [1.165, 1.54) is 27.7 Å². The lowest BCUT2D eigenvalue weighted by molar-refractivity contribution is -0.148. The summed E-state index contributed by atoms with van der Waals surface area (Å²) in [4.78, 5) is 49.8. The van der Waals surface area contributed by atoms with E-state index in [4.69, 9.17) is 4.74 Å². The van der Waals surface area contributed by atoms with Crippen molar-refractivity contribution >= 4 is 35.6 Å². The summed E-state index contributed by atoms with van der Waals surface area (Å²) in [5.74, 6) is -1.03. The van der Waals surface area contributed by atoms with Gasteiger partial charge < -0.3 is 25.8 Å². The fraction of sp³-hybridized carbons (Fsp3) is 0.545. The third-order valence-corrected chi connectivity index (χ3v) is 6.28. The van der Waals surface area contributed by atoms with Gasteiger partial charge in [-0.3, -0.25) is 9.59 Å². The number of hydrogen-bond donors (Lipinski definition) is 4. The maximum atomic E-state index is 13.1. The number of carbonyl (C=O) groups is 4. The lowest BCUT2D eigenvalue weighted by Crippen LogP contribution is -2.68. The van der Waals surface area contributed by atoms with Crippen LogP contribution in [-0.4, -0.2) is 57.1 Å². The van der Waals surface area contributed by atoms with Gasteiger partial charge in [0.1, 0.15) is 23.2 Å². The second-order valence-corrected chi connectivity index (χ2v) is 10.1. The Hall–Kier alpha value is -2.75. The Morgan fingerprint density at radius 3 is 2.16 bits per heavy atom. The van der Waals surface area contributed by atoms with Crippen LogP contribution < -0.4 is 16.0 Å². The fourth-order valence-electron chi connectivity index (χ4n) is 3.03. The van der Waals surface area contributed by atoms with Gasteiger partial charge in [-0.1, -0.05) is 30.3 Å². The molecule has 10 heteroatoms. The fourth-order valence-corrected chi connectivity index (χ4v) is 4.22. The molecule has 2 rings (SSSR count). The predicted octanol–water partition coefficient (Wildman–Crippen LogP) is 2.05. The van der Waals surface area contributed by atoms with E-state index in [0.29, 0.717) is 24.3 Å². The zero-order valence-electron chi connectivity index (χ0n) is 18.8. The summed E-state index contributed by atoms with van der Waals surface area (Å²) in [5, 5.41) is 17.2. The quantitative estimate of drug-likeness (QED) is 0.462. The molecule has 0 aliphatic carbocycles. The van der Waals surface area contributed by atoms with E-state index in [1.807, 2.05) is 30.3 Å². The molecular weight excluding hydrogens is 434 g/mol. The Labute approximate surface area is 192 Å². The lowest BCUT2D eigenvalue weighted by Gasteiger charge is -2.40. The monoisotopic (exact) mass is 465 g/mol. The highest BCUT2D eigenvalue weighted by molar-refractivity contribution is 7.99. The zero-order chi connectivity index (χ0) is 24.0. The van der Waals surface area contributed by atoms with Gasteiger partial charge >= 0.3 is 12.1 Å². The van der Waals surface area contributed by atoms with E-state index >= 15 is 0 Å². The van der Waals surface area contributed by atoms with Crippen molar-refractivity contribution in [3.8, 4) is 0 Å². The number of carboxylic acids is 1. The van der Waals surface area contributed by atoms with Crippen molar-refractivity contribution < 1.29 is 29.0 Å². The van der Waals surface area contributed by atoms with Crippen LogP contribution in [0.15, 0.2) is 30.3 Å². The second-order valence-electron chi connectivity index (χ2n) is 8.84. The summed E-state index contributed by atoms with van der Waals surface area (Å²) in [7, 11) is 0. The van der Waals surface area contributed by atoms with Crippen molar-refractivity contribution in [1.29, 1.82) is 0 Å². The van der Waals surface area contributed by atoms with Crippen LogP contribution in [0.4, 0.5) is 4.79 Å². The van der Waals surface area contributed by atoms with E-state index in [1.54, 1.807) is 11.8 Å². The van der Waals surface area contributed by atoms with Gasteiger partial charge in [0.2, 0.25) is 11.8 Å². The number of ether oxygens (including phenoxy) is 1. The first-order valence-corrected chi connectivity index (χ1v) is 11.5. The molecule has 0 aromatic heterocycles. The van der Waals surface area contributed by atoms with Crippen LogP contribution in [0.1, 0.15) is 46.1 Å². The van der Waals surface area contributed by atoms with Crippen molar-refractivity contribution in [1.82, 2.24) is 16.0 Å². The van der Waals surface area contributed by atoms with Crippen LogP contribution in [-0.2, 0) is 25.7 Å². The number of alkyl carbamates (subject to hydrolysis) is 1. The first-order chi connectivity index (χ1) is 14.9. The zero-order valence-corrected chi connectivity index (χ0v) is 19.6. The second kappa shape index (κ2) is 10.2. The summed E-state index contributed by atoms with van der Waals surface area (Å²) in [6.07, 6.45) is -0.0717. The van der Waals surface area contributed by atoms with Crippen molar-refractivity contribution in [2.24, 2.45) is 0 Å². The van der Waals surface area contributed by atoms with Crippen molar-refractivity contribution in [3.05, 3.63) is 35.9 Å². The highest BCUT2D eigenvalue weighted by atomic mass is 32.2. The minimum absolute atomic E-state index is 0.0538. The van der Waals surface area contributed by atoms with Gasteiger partial charge in [0.25, 0.3) is 0 Å². The van der Waals surface area contributed by atoms with E-state index in [0.717, 1.165) is 5.56 Å². The highest BCUT2D eigenvalue weighted by Crippen LogP contribution is 2.29. The lowest BCUT2D eigenvalue weighted by atomic mass is 9.88. The predicted molar refractivity (Wildman–Crippen MR) is 121 cm³/mol. The average Bonchev–Trinajstić information content (AvgIpc) is 2.73. The number of carbonyl (C=O) groups excluding carboxylic acids is 3. The third kappa shape index (κ3) is 6.62. The first kappa shape index (κ1) is 25.5. The minimum Gasteiger partial charge on any atom is -0.480 e. The SMILES string of the molecule is CC(C)(NC(=O)C1(NC(=O)C(C)(C)NC(=O)OCc2ccccc2)CCSCC1)C(=O)O. The molecule has 1 fully saturated rings. The topological polar surface area (TPSA) is 134 Å². The number of rotatable bonds is 8. The summed E-state index contributed by atoms with van der Waals surface area (Å²) in [5.41, 5.74) is -3.31. The normalized spacial score (nSPS) is 15.9. The number of amides is 3. The summed E-state index contributed by atoms with van der Waals surface area (Å²) < 4.78 is 5.19. The number of aliphatic carboxylic acids is 1. The summed E-state index contributed by atoms with van der Waals surface area (Å²) >= 11 is 1.65. The van der Waals surface area contributed by atoms with Gasteiger partial charge in [-0.25, -0.2) is 9.59 Å². The Balaban J connectivity index is 2.06. The number of hydrogen-bond acceptors (Lipinski definition) is 6. The molecule has 3 amide bonds. The van der Waals surface area contributed by atoms with E-state index < -0.39 is 40.5 Å². The minimum atomic E-state index is -1.49. The molecule has 32 heavy (non-hydrogen) atoms. The van der Waals surface area contributed by atoms with Crippen molar-refractivity contribution in [2.45, 2.75) is 63.8 Å². The van der Waals surface area contributed by atoms with E-state index in [-0.39, 0.29) is 6.61 Å². The van der Waals surface area contributed by atoms with Crippen LogP contribution in [0.2, 0.25) is 0 Å². The molecular formula is C22H31N3O6S. The first-order valence-electron chi connectivity index (χ1n) is 10.3. The van der Waals surface area contributed by atoms with Crippen LogP contribution in [0.5, 0.6) is 0 Å². The van der Waals surface area contributed by atoms with Crippen LogP contribution in [0.25, 0.3) is 0 Å². The standard InChI is InChI=1S/C22H31N3O6S/c1-20(2,25-19(30)31-14-15-8-6-5-7-9-15)16(26)24-22(10-12-32-13-11-22)17(27)23-21(3,4)18(28)29/h5-9H,10-14H2,1-4H3,(H,23,27)(H,24,26)(H,25,30)(H,28,29). The Bertz CT molecular complexity index is 850. The largest absolute Gasteiger partial charge is 0.480 e. The molecule has 4 N–H and O–H groups in total. The Kier molecular flexibility index (Phi) is 8.17. The molecule has 0 unspecified atom stereocenters. The number of carboxylic acid groups (broad SMARTS) is 1. The summed E-state index contributed by atoms with van der Waals surface area (Å²) in [6.45, 7) is 5.84. The van der Waals surface area contributed by atoms with Gasteiger partial charge in [0.05, 0.1) is 0 Å². The molecule has 0 saturated carbocycles. The van der Waals surface area contributed by atoms with Gasteiger partial charge in [-0.2, -0.15) is 11.8 Å². The van der Waals surface area contributed by atoms with E-state index in [9.17, 15) is 24.3 Å². The molecule has 0 bridgehead atoms. The third-order valence-electron chi connectivity index (χ3n) is 5.29. The highest BCUT2D eigenvalue weighted by Gasteiger charge is 2.46. The Morgan fingerprint density at radius 2 is 1.59 bits per heavy atom. The molecule has 9 nitrogen and oxygen atoms in total. The molecule has 1 aliphatic heterocycles. The van der Waals surface area contributed by atoms with Crippen LogP contribution in [0.3, 0.4) is 0 Å². The number of thioether (sulfide) groups is 1. The molecule has 1 aromatic rings. The molecule has 176 valence electrons. The molecule has 0 spiro atoms. The molecule has 0 atom stereocenters. The number of benzene rings is 1. The van der Waals surface area contributed by atoms with Crippen molar-refractivity contribution in [3.63, 3.8) is 0 Å². The molecule has 0 radical (unpaired) electrons. The van der Waals surface area contributed by atoms with Gasteiger partial charge in [-0.15, -0.1) is 0 Å². The average molecular weight is 466 g/mol. The maximum Gasteiger partial charge on any atom is 0.408 e. The molecule has 1 aromatic carbocycles. The van der Waals surface area contributed by atoms with Crippen LogP contribution in [0, 0.1) is 0 Å². The van der Waals surface area contributed by atoms with Gasteiger partial charge in [0.15, 0.2) is 0 Å². The Morgan fingerprint density at radius 1 is 1.00 bits per heavy atom. The molecule has 1 heterocycles. The smallest absolute Gasteiger partial charge is 0.408 e. The van der Waals surface area contributed by atoms with Crippen LogP contribution >= 0.6 is 11.8 Å². The van der Waals surface area contributed by atoms with Gasteiger partial charge in [-0.05, 0) is 57.6 Å². The van der Waals surface area contributed by atoms with Gasteiger partial charge in [0, 0.05) is 0 Å². The van der Waals surface area contributed by atoms with Crippen molar-refractivity contribution in [2.75, 3.05) is 11.5 Å². The number of nitrogens with one attached hydrogen (secondary N) is 3. The summed E-state index contributed by atoms with van der Waals surface area (Å²) in [6, 6.07) is 9.13. The van der Waals surface area contributed by atoms with E-state index in [2.05, 4.69) is 16.0 Å². The molecule has 1 aliphatic rings. The maximum absolute atomic E-state index is 13.1. The molecule has 1 saturated heterocycles.